The van der Waals surface area contributed by atoms with Gasteiger partial charge < -0.3 is 14.2 Å². The topological polar surface area (TPSA) is 67.5 Å². The van der Waals surface area contributed by atoms with Gasteiger partial charge in [-0.2, -0.15) is 4.98 Å². The predicted molar refractivity (Wildman–Crippen MR) is 101 cm³/mol. The fourth-order valence-corrected chi connectivity index (χ4v) is 3.32. The van der Waals surface area contributed by atoms with E-state index in [1.807, 2.05) is 24.3 Å². The molecule has 1 fully saturated rings. The van der Waals surface area contributed by atoms with E-state index in [1.165, 1.54) is 0 Å². The smallest absolute Gasteiger partial charge is 0.248 e. The van der Waals surface area contributed by atoms with Crippen LogP contribution < -0.4 is 4.74 Å². The second kappa shape index (κ2) is 7.85. The molecule has 0 N–H and O–H groups in total. The molecule has 3 aromatic rings. The van der Waals surface area contributed by atoms with Gasteiger partial charge in [0.15, 0.2) is 0 Å². The lowest BCUT2D eigenvalue weighted by Crippen LogP contribution is -2.46. The zero-order valence-electron chi connectivity index (χ0n) is 15.6. The number of methoxy groups -OCH3 is 1. The average Bonchev–Trinajstić information content (AvgIpc) is 3.20. The number of likely N-dealkylation sites (N-methyl/N-ethyl adjacent to an activating group) is 1. The van der Waals surface area contributed by atoms with Crippen molar-refractivity contribution in [2.24, 2.45) is 0 Å². The van der Waals surface area contributed by atoms with Crippen molar-refractivity contribution in [1.29, 1.82) is 0 Å². The van der Waals surface area contributed by atoms with Crippen molar-refractivity contribution in [1.82, 2.24) is 24.9 Å². The van der Waals surface area contributed by atoms with Crippen molar-refractivity contribution >= 4 is 0 Å². The van der Waals surface area contributed by atoms with Gasteiger partial charge in [-0.05, 0) is 18.7 Å². The fourth-order valence-electron chi connectivity index (χ4n) is 3.32. The van der Waals surface area contributed by atoms with E-state index in [1.54, 1.807) is 19.4 Å². The zero-order chi connectivity index (χ0) is 18.6. The first-order valence-electron chi connectivity index (χ1n) is 9.06. The van der Waals surface area contributed by atoms with Gasteiger partial charge in [-0.3, -0.25) is 4.90 Å². The Hall–Kier alpha value is -2.77. The van der Waals surface area contributed by atoms with Crippen molar-refractivity contribution < 1.29 is 9.26 Å². The minimum absolute atomic E-state index is 0.0487. The van der Waals surface area contributed by atoms with Crippen LogP contribution in [0.3, 0.4) is 0 Å². The van der Waals surface area contributed by atoms with Gasteiger partial charge in [-0.15, -0.1) is 0 Å². The van der Waals surface area contributed by atoms with Crippen molar-refractivity contribution in [2.75, 3.05) is 40.3 Å². The molecule has 0 bridgehead atoms. The molecule has 0 aliphatic carbocycles. The van der Waals surface area contributed by atoms with Gasteiger partial charge in [0.25, 0.3) is 0 Å². The number of rotatable bonds is 5. The quantitative estimate of drug-likeness (QED) is 0.688. The Balaban J connectivity index is 1.65. The Morgan fingerprint density at radius 2 is 1.81 bits per heavy atom. The highest BCUT2D eigenvalue weighted by Crippen LogP contribution is 2.30. The maximum atomic E-state index is 5.70. The Labute approximate surface area is 158 Å². The normalized spacial score (nSPS) is 17.0. The molecule has 1 saturated heterocycles. The lowest BCUT2D eigenvalue weighted by Gasteiger charge is -2.36. The van der Waals surface area contributed by atoms with Crippen LogP contribution in [0.2, 0.25) is 0 Å². The summed E-state index contributed by atoms with van der Waals surface area (Å²) in [6.45, 7) is 3.95. The minimum atomic E-state index is -0.0487. The third-order valence-corrected chi connectivity index (χ3v) is 4.90. The number of nitrogens with zero attached hydrogens (tertiary/aromatic N) is 5. The summed E-state index contributed by atoms with van der Waals surface area (Å²) in [5.74, 6) is 1.70. The van der Waals surface area contributed by atoms with Crippen molar-refractivity contribution in [3.63, 3.8) is 0 Å². The van der Waals surface area contributed by atoms with Crippen LogP contribution in [-0.2, 0) is 0 Å². The van der Waals surface area contributed by atoms with E-state index < -0.39 is 0 Å². The summed E-state index contributed by atoms with van der Waals surface area (Å²) in [6, 6.07) is 14.0. The summed E-state index contributed by atoms with van der Waals surface area (Å²) < 4.78 is 10.8. The van der Waals surface area contributed by atoms with E-state index in [0.29, 0.717) is 17.6 Å². The van der Waals surface area contributed by atoms with Crippen LogP contribution >= 0.6 is 0 Å². The number of aromatic nitrogens is 3. The second-order valence-corrected chi connectivity index (χ2v) is 6.70. The minimum Gasteiger partial charge on any atom is -0.481 e. The number of hydrogen-bond acceptors (Lipinski definition) is 7. The van der Waals surface area contributed by atoms with Gasteiger partial charge in [0.1, 0.15) is 6.04 Å². The summed E-state index contributed by atoms with van der Waals surface area (Å²) in [5, 5.41) is 4.19. The van der Waals surface area contributed by atoms with Crippen molar-refractivity contribution in [3.05, 3.63) is 60.1 Å². The second-order valence-electron chi connectivity index (χ2n) is 6.70. The van der Waals surface area contributed by atoms with E-state index in [9.17, 15) is 0 Å². The molecule has 0 amide bonds. The maximum absolute atomic E-state index is 5.70. The van der Waals surface area contributed by atoms with E-state index in [-0.39, 0.29) is 6.04 Å². The highest BCUT2D eigenvalue weighted by Gasteiger charge is 2.30. The molecule has 4 rings (SSSR count). The number of hydrogen-bond donors (Lipinski definition) is 0. The summed E-state index contributed by atoms with van der Waals surface area (Å²) in [4.78, 5) is 13.7. The molecule has 1 atom stereocenters. The van der Waals surface area contributed by atoms with Gasteiger partial charge in [-0.1, -0.05) is 35.5 Å². The largest absolute Gasteiger partial charge is 0.481 e. The lowest BCUT2D eigenvalue weighted by molar-refractivity contribution is 0.111. The van der Waals surface area contributed by atoms with Gasteiger partial charge in [0, 0.05) is 44.0 Å². The number of ether oxygens (including phenoxy) is 1. The van der Waals surface area contributed by atoms with Gasteiger partial charge in [0.2, 0.25) is 17.6 Å². The van der Waals surface area contributed by atoms with Crippen LogP contribution in [0.15, 0.2) is 53.2 Å². The molecule has 1 aromatic carbocycles. The highest BCUT2D eigenvalue weighted by atomic mass is 16.5. The number of piperazine rings is 1. The Morgan fingerprint density at radius 3 is 2.48 bits per heavy atom. The monoisotopic (exact) mass is 365 g/mol. The molecular formula is C20H23N5O2. The van der Waals surface area contributed by atoms with Crippen LogP contribution in [-0.4, -0.2) is 65.3 Å². The highest BCUT2D eigenvalue weighted by molar-refractivity contribution is 5.53. The van der Waals surface area contributed by atoms with Crippen LogP contribution in [0, 0.1) is 0 Å². The average molecular weight is 365 g/mol. The lowest BCUT2D eigenvalue weighted by atomic mass is 10.0. The van der Waals surface area contributed by atoms with Crippen LogP contribution in [0.25, 0.3) is 11.4 Å². The summed E-state index contributed by atoms with van der Waals surface area (Å²) in [7, 11) is 3.74. The third kappa shape index (κ3) is 3.84. The molecule has 3 heterocycles. The molecule has 7 nitrogen and oxygen atoms in total. The Kier molecular flexibility index (Phi) is 5.13. The standard InChI is InChI=1S/C20H23N5O2/c1-24-10-12-25(13-11-24)18(15-6-4-3-5-7-15)20-22-19(23-27-20)16-8-9-17(26-2)21-14-16/h3-9,14,18H,10-13H2,1-2H3/t18-/m0/s1. The molecule has 27 heavy (non-hydrogen) atoms. The molecule has 0 saturated carbocycles. The van der Waals surface area contributed by atoms with Crippen LogP contribution in [0.1, 0.15) is 17.5 Å². The van der Waals surface area contributed by atoms with E-state index in [4.69, 9.17) is 14.2 Å². The van der Waals surface area contributed by atoms with E-state index in [2.05, 4.69) is 39.1 Å². The maximum Gasteiger partial charge on any atom is 0.248 e. The first-order chi connectivity index (χ1) is 13.2. The molecule has 0 radical (unpaired) electrons. The van der Waals surface area contributed by atoms with E-state index >= 15 is 0 Å². The summed E-state index contributed by atoms with van der Waals surface area (Å²) >= 11 is 0. The molecule has 0 spiro atoms. The third-order valence-electron chi connectivity index (χ3n) is 4.90. The van der Waals surface area contributed by atoms with Gasteiger partial charge in [0.05, 0.1) is 7.11 Å². The van der Waals surface area contributed by atoms with Crippen LogP contribution in [0.5, 0.6) is 5.88 Å². The van der Waals surface area contributed by atoms with E-state index in [0.717, 1.165) is 37.3 Å². The molecule has 140 valence electrons. The zero-order valence-corrected chi connectivity index (χ0v) is 15.6. The first kappa shape index (κ1) is 17.6. The SMILES string of the molecule is COc1ccc(-c2noc([C@H](c3ccccc3)N3CCN(C)CC3)n2)cn1. The van der Waals surface area contributed by atoms with Gasteiger partial charge in [-0.25, -0.2) is 4.98 Å². The Morgan fingerprint density at radius 1 is 1.04 bits per heavy atom. The van der Waals surface area contributed by atoms with Gasteiger partial charge >= 0.3 is 0 Å². The number of benzene rings is 1. The first-order valence-corrected chi connectivity index (χ1v) is 9.06. The number of pyridine rings is 1. The summed E-state index contributed by atoms with van der Waals surface area (Å²) in [6.07, 6.45) is 1.70. The predicted octanol–water partition coefficient (Wildman–Crippen LogP) is 2.48. The molecule has 2 aromatic heterocycles. The van der Waals surface area contributed by atoms with Crippen LogP contribution in [0.4, 0.5) is 0 Å². The molecule has 1 aliphatic heterocycles. The Bertz CT molecular complexity index is 858. The van der Waals surface area contributed by atoms with Crippen molar-refractivity contribution in [2.45, 2.75) is 6.04 Å². The summed E-state index contributed by atoms with van der Waals surface area (Å²) in [5.41, 5.74) is 1.96. The van der Waals surface area contributed by atoms with Crippen molar-refractivity contribution in [3.8, 4) is 17.3 Å². The molecule has 1 aliphatic rings. The molecular weight excluding hydrogens is 342 g/mol. The fraction of sp³-hybridized carbons (Fsp3) is 0.350. The molecule has 0 unspecified atom stereocenters. The molecule has 7 heteroatoms.